The van der Waals surface area contributed by atoms with E-state index in [1.807, 2.05) is 0 Å². The zero-order valence-electron chi connectivity index (χ0n) is 8.57. The van der Waals surface area contributed by atoms with Crippen molar-refractivity contribution in [2.24, 2.45) is 0 Å². The van der Waals surface area contributed by atoms with Crippen LogP contribution < -0.4 is 120 Å². The molecule has 1 aromatic rings. The van der Waals surface area contributed by atoms with Crippen LogP contribution in [0.4, 0.5) is 0 Å². The standard InChI is InChI=1S/C9H12.5HI.V/c1-7-4-8(2)6-9(3)5-7;;;;;;/h4-6H,1-3H3;5*1H;/p-5. The summed E-state index contributed by atoms with van der Waals surface area (Å²) in [4.78, 5) is 0. The Bertz CT molecular complexity index is 179. The van der Waals surface area contributed by atoms with E-state index in [0.717, 1.165) is 0 Å². The van der Waals surface area contributed by atoms with Gasteiger partial charge in [0.05, 0.1) is 0 Å². The number of hydrogen-bond donors (Lipinski definition) is 0. The summed E-state index contributed by atoms with van der Waals surface area (Å²) in [6, 6.07) is 6.56. The molecular weight excluding hydrogens is 794 g/mol. The first-order chi connectivity index (χ1) is 4.18. The number of hydrogen-bond acceptors (Lipinski definition) is 0. The van der Waals surface area contributed by atoms with Crippen LogP contribution >= 0.6 is 0 Å². The van der Waals surface area contributed by atoms with Crippen molar-refractivity contribution in [3.63, 3.8) is 0 Å². The minimum atomic E-state index is 0. The first-order valence-electron chi connectivity index (χ1n) is 3.23. The van der Waals surface area contributed by atoms with E-state index < -0.39 is 0 Å². The summed E-state index contributed by atoms with van der Waals surface area (Å²) in [6.45, 7) is 6.38. The smallest absolute Gasteiger partial charge is 0 e. The van der Waals surface area contributed by atoms with Gasteiger partial charge in [-0.3, -0.25) is 0 Å². The van der Waals surface area contributed by atoms with Crippen LogP contribution in [0, 0.1) is 20.8 Å². The molecule has 1 radical (unpaired) electrons. The molecule has 0 N–H and O–H groups in total. The minimum absolute atomic E-state index is 0. The second-order valence-electron chi connectivity index (χ2n) is 2.67. The van der Waals surface area contributed by atoms with E-state index in [4.69, 9.17) is 0 Å². The monoisotopic (exact) mass is 806 g/mol. The van der Waals surface area contributed by atoms with Crippen LogP contribution in [0.15, 0.2) is 18.2 Å². The first kappa shape index (κ1) is 36.2. The molecule has 0 spiro atoms. The van der Waals surface area contributed by atoms with Crippen LogP contribution in [0.5, 0.6) is 0 Å². The predicted molar refractivity (Wildman–Crippen MR) is 40.7 cm³/mol. The number of benzene rings is 1. The summed E-state index contributed by atoms with van der Waals surface area (Å²) >= 11 is 0. The van der Waals surface area contributed by atoms with Crippen molar-refractivity contribution >= 4 is 0 Å². The zero-order valence-corrected chi connectivity index (χ0v) is 20.8. The van der Waals surface area contributed by atoms with Crippen LogP contribution in [0.2, 0.25) is 0 Å². The van der Waals surface area contributed by atoms with Gasteiger partial charge in [-0.05, 0) is 20.8 Å². The summed E-state index contributed by atoms with van der Waals surface area (Å²) < 4.78 is 0. The molecule has 0 fully saturated rings. The molecular formula is C9H12I5V-5. The Balaban J connectivity index is -0.0000000337. The Morgan fingerprint density at radius 2 is 0.667 bits per heavy atom. The number of aryl methyl sites for hydroxylation is 3. The summed E-state index contributed by atoms with van der Waals surface area (Å²) in [5.74, 6) is 0. The molecule has 93 valence electrons. The topological polar surface area (TPSA) is 0 Å². The van der Waals surface area contributed by atoms with Crippen molar-refractivity contribution in [3.8, 4) is 0 Å². The number of rotatable bonds is 0. The van der Waals surface area contributed by atoms with E-state index >= 15 is 0 Å². The molecule has 0 aliphatic heterocycles. The molecule has 0 unspecified atom stereocenters. The first-order valence-corrected chi connectivity index (χ1v) is 3.23. The summed E-state index contributed by atoms with van der Waals surface area (Å²) in [7, 11) is 0. The van der Waals surface area contributed by atoms with Crippen molar-refractivity contribution in [1.29, 1.82) is 0 Å². The van der Waals surface area contributed by atoms with Crippen molar-refractivity contribution in [2.75, 3.05) is 0 Å². The third-order valence-electron chi connectivity index (χ3n) is 1.37. The van der Waals surface area contributed by atoms with Crippen LogP contribution in [-0.4, -0.2) is 0 Å². The molecule has 1 aromatic carbocycles. The van der Waals surface area contributed by atoms with Gasteiger partial charge in [-0.15, -0.1) is 0 Å². The molecule has 0 saturated heterocycles. The van der Waals surface area contributed by atoms with Gasteiger partial charge in [0.25, 0.3) is 0 Å². The van der Waals surface area contributed by atoms with Crippen molar-refractivity contribution < 1.29 is 138 Å². The van der Waals surface area contributed by atoms with Crippen molar-refractivity contribution in [3.05, 3.63) is 34.9 Å². The van der Waals surface area contributed by atoms with Gasteiger partial charge in [0.15, 0.2) is 0 Å². The molecule has 0 bridgehead atoms. The molecule has 0 nitrogen and oxygen atoms in total. The Hall–Kier alpha value is 3.45. The predicted octanol–water partition coefficient (Wildman–Crippen LogP) is -12.4. The Morgan fingerprint density at radius 1 is 0.533 bits per heavy atom. The molecule has 0 heterocycles. The molecule has 15 heavy (non-hydrogen) atoms. The van der Waals surface area contributed by atoms with E-state index in [9.17, 15) is 0 Å². The maximum atomic E-state index is 2.19. The molecule has 1 rings (SSSR count). The maximum Gasteiger partial charge on any atom is 0 e. The SMILES string of the molecule is Cc1cc(C)cc(C)c1.[I-].[I-].[I-].[I-].[I-].[V]. The third kappa shape index (κ3) is 17.5. The van der Waals surface area contributed by atoms with E-state index in [1.54, 1.807) is 0 Å². The van der Waals surface area contributed by atoms with Crippen LogP contribution in [-0.2, 0) is 18.6 Å². The van der Waals surface area contributed by atoms with Gasteiger partial charge in [-0.25, -0.2) is 0 Å². The fraction of sp³-hybridized carbons (Fsp3) is 0.333. The van der Waals surface area contributed by atoms with Crippen molar-refractivity contribution in [1.82, 2.24) is 0 Å². The molecule has 6 heteroatoms. The van der Waals surface area contributed by atoms with Gasteiger partial charge in [-0.2, -0.15) is 0 Å². The van der Waals surface area contributed by atoms with Gasteiger partial charge >= 0.3 is 0 Å². The molecule has 0 saturated carbocycles. The van der Waals surface area contributed by atoms with Gasteiger partial charge in [0.2, 0.25) is 0 Å². The summed E-state index contributed by atoms with van der Waals surface area (Å²) in [5, 5.41) is 0. The quantitative estimate of drug-likeness (QED) is 0.229. The fourth-order valence-electron chi connectivity index (χ4n) is 1.20. The maximum absolute atomic E-state index is 2.19. The second kappa shape index (κ2) is 19.8. The average molecular weight is 806 g/mol. The van der Waals surface area contributed by atoms with Gasteiger partial charge in [0, 0.05) is 18.6 Å². The van der Waals surface area contributed by atoms with E-state index in [1.165, 1.54) is 16.7 Å². The molecule has 0 atom stereocenters. The van der Waals surface area contributed by atoms with E-state index in [2.05, 4.69) is 39.0 Å². The van der Waals surface area contributed by atoms with Gasteiger partial charge in [0.1, 0.15) is 0 Å². The van der Waals surface area contributed by atoms with Crippen LogP contribution in [0.1, 0.15) is 16.7 Å². The van der Waals surface area contributed by atoms with Crippen LogP contribution in [0.25, 0.3) is 0 Å². The Kier molecular flexibility index (Phi) is 47.8. The molecule has 0 aromatic heterocycles. The van der Waals surface area contributed by atoms with E-state index in [-0.39, 0.29) is 138 Å². The zero-order chi connectivity index (χ0) is 6.85. The molecule has 0 aliphatic carbocycles. The fourth-order valence-corrected chi connectivity index (χ4v) is 1.20. The second-order valence-corrected chi connectivity index (χ2v) is 2.67. The van der Waals surface area contributed by atoms with E-state index in [0.29, 0.717) is 0 Å². The van der Waals surface area contributed by atoms with Gasteiger partial charge in [-0.1, -0.05) is 34.9 Å². The Labute approximate surface area is 190 Å². The molecule has 0 aliphatic rings. The van der Waals surface area contributed by atoms with Gasteiger partial charge < -0.3 is 120 Å². The van der Waals surface area contributed by atoms with Crippen molar-refractivity contribution in [2.45, 2.75) is 20.8 Å². The molecule has 0 amide bonds. The normalized spacial score (nSPS) is 5.80. The summed E-state index contributed by atoms with van der Waals surface area (Å²) in [5.41, 5.74) is 4.06. The summed E-state index contributed by atoms with van der Waals surface area (Å²) in [6.07, 6.45) is 0. The minimum Gasteiger partial charge on any atom is -1.00 e. The third-order valence-corrected chi connectivity index (χ3v) is 1.37. The van der Waals surface area contributed by atoms with Crippen LogP contribution in [0.3, 0.4) is 0 Å². The largest absolute Gasteiger partial charge is 1.00 e. The number of halogens is 5. The average Bonchev–Trinajstić information content (AvgIpc) is 1.59. The Morgan fingerprint density at radius 3 is 0.800 bits per heavy atom.